The number of amidine groups is 1. The number of aliphatic imine (C=N–C) groups is 1. The molecule has 2 heterocycles. The first-order valence-corrected chi connectivity index (χ1v) is 12.1. The van der Waals surface area contributed by atoms with Crippen LogP contribution in [0, 0.1) is 0 Å². The third-order valence-corrected chi connectivity index (χ3v) is 8.35. The number of ether oxygens (including phenoxy) is 1. The number of nitrogens with zero attached hydrogens (tertiary/aromatic N) is 2. The van der Waals surface area contributed by atoms with Gasteiger partial charge < -0.3 is 9.64 Å². The maximum absolute atomic E-state index is 12.5. The van der Waals surface area contributed by atoms with Crippen molar-refractivity contribution in [3.8, 4) is 5.75 Å². The Kier molecular flexibility index (Phi) is 5.65. The van der Waals surface area contributed by atoms with Gasteiger partial charge >= 0.3 is 0 Å². The van der Waals surface area contributed by atoms with Crippen LogP contribution in [0.15, 0.2) is 59.6 Å². The molecule has 2 aromatic rings. The average molecular weight is 431 g/mol. The first-order chi connectivity index (χ1) is 13.9. The van der Waals surface area contributed by atoms with Crippen LogP contribution < -0.4 is 4.74 Å². The Bertz CT molecular complexity index is 1020. The van der Waals surface area contributed by atoms with Gasteiger partial charge in [-0.1, -0.05) is 54.2 Å². The maximum atomic E-state index is 12.5. The van der Waals surface area contributed by atoms with Crippen molar-refractivity contribution in [3.05, 3.63) is 65.7 Å². The smallest absolute Gasteiger partial charge is 0.252 e. The molecule has 2 aliphatic heterocycles. The lowest BCUT2D eigenvalue weighted by Crippen LogP contribution is -2.37. The molecule has 0 bridgehead atoms. The minimum atomic E-state index is -3.06. The number of hydrogen-bond donors (Lipinski definition) is 0. The highest BCUT2D eigenvalue weighted by atomic mass is 32.2. The first kappa shape index (κ1) is 20.0. The number of methoxy groups -OCH3 is 1. The minimum Gasteiger partial charge on any atom is -0.497 e. The highest BCUT2D eigenvalue weighted by Crippen LogP contribution is 2.39. The Morgan fingerprint density at radius 1 is 1.10 bits per heavy atom. The molecule has 0 N–H and O–H groups in total. The van der Waals surface area contributed by atoms with Gasteiger partial charge in [-0.25, -0.2) is 8.42 Å². The van der Waals surface area contributed by atoms with Crippen molar-refractivity contribution in [2.75, 3.05) is 18.6 Å². The van der Waals surface area contributed by atoms with Crippen LogP contribution in [0.5, 0.6) is 5.75 Å². The molecular weight excluding hydrogens is 408 g/mol. The predicted octanol–water partition coefficient (Wildman–Crippen LogP) is 2.53. The number of hydrogen-bond acceptors (Lipinski definition) is 5. The van der Waals surface area contributed by atoms with Gasteiger partial charge in [0.25, 0.3) is 5.91 Å². The van der Waals surface area contributed by atoms with Gasteiger partial charge in [-0.05, 0) is 23.3 Å². The van der Waals surface area contributed by atoms with Crippen LogP contribution >= 0.6 is 11.8 Å². The molecule has 1 amide bonds. The molecule has 0 radical (unpaired) electrons. The number of carbonyl (C=O) groups is 1. The quantitative estimate of drug-likeness (QED) is 0.726. The van der Waals surface area contributed by atoms with Crippen LogP contribution in [0.1, 0.15) is 11.1 Å². The van der Waals surface area contributed by atoms with Gasteiger partial charge in [0, 0.05) is 11.8 Å². The van der Waals surface area contributed by atoms with Crippen LogP contribution in [-0.4, -0.2) is 54.3 Å². The van der Waals surface area contributed by atoms with E-state index in [-0.39, 0.29) is 35.1 Å². The number of amides is 1. The van der Waals surface area contributed by atoms with Gasteiger partial charge in [-0.2, -0.15) is 4.99 Å². The van der Waals surface area contributed by atoms with E-state index in [1.165, 1.54) is 11.8 Å². The van der Waals surface area contributed by atoms with Crippen LogP contribution in [0.25, 0.3) is 0 Å². The van der Waals surface area contributed by atoms with Crippen molar-refractivity contribution in [1.29, 1.82) is 0 Å². The van der Waals surface area contributed by atoms with Crippen molar-refractivity contribution < 1.29 is 17.9 Å². The lowest BCUT2D eigenvalue weighted by Gasteiger charge is -2.24. The SMILES string of the molecule is COc1ccc(CN2C(=NC(=O)Cc3ccccc3)S[C@@H]3CS(=O)(=O)C[C@@H]32)cc1. The molecule has 152 valence electrons. The number of fused-ring (bicyclic) bond motifs is 1. The predicted molar refractivity (Wildman–Crippen MR) is 115 cm³/mol. The lowest BCUT2D eigenvalue weighted by molar-refractivity contribution is -0.117. The molecular formula is C21H22N2O4S2. The Balaban J connectivity index is 1.56. The third kappa shape index (κ3) is 4.64. The van der Waals surface area contributed by atoms with Gasteiger partial charge in [-0.15, -0.1) is 0 Å². The summed E-state index contributed by atoms with van der Waals surface area (Å²) in [4.78, 5) is 18.9. The zero-order valence-electron chi connectivity index (χ0n) is 16.0. The van der Waals surface area contributed by atoms with E-state index in [9.17, 15) is 13.2 Å². The topological polar surface area (TPSA) is 76.0 Å². The summed E-state index contributed by atoms with van der Waals surface area (Å²) in [5.74, 6) is 0.777. The summed E-state index contributed by atoms with van der Waals surface area (Å²) in [6.45, 7) is 0.505. The molecule has 0 saturated carbocycles. The normalized spacial score (nSPS) is 23.9. The third-order valence-electron chi connectivity index (χ3n) is 5.11. The fourth-order valence-electron chi connectivity index (χ4n) is 3.66. The van der Waals surface area contributed by atoms with Gasteiger partial charge in [-0.3, -0.25) is 4.79 Å². The molecule has 8 heteroatoms. The van der Waals surface area contributed by atoms with E-state index in [0.717, 1.165) is 16.9 Å². The molecule has 2 atom stereocenters. The lowest BCUT2D eigenvalue weighted by atomic mass is 10.1. The van der Waals surface area contributed by atoms with Crippen LogP contribution in [0.3, 0.4) is 0 Å². The number of benzene rings is 2. The minimum absolute atomic E-state index is 0.0819. The number of carbonyl (C=O) groups excluding carboxylic acids is 1. The van der Waals surface area contributed by atoms with Crippen LogP contribution in [0.4, 0.5) is 0 Å². The highest BCUT2D eigenvalue weighted by molar-refractivity contribution is 8.15. The van der Waals surface area contributed by atoms with Gasteiger partial charge in [0.2, 0.25) is 0 Å². The molecule has 2 fully saturated rings. The largest absolute Gasteiger partial charge is 0.497 e. The molecule has 0 spiro atoms. The Morgan fingerprint density at radius 3 is 2.52 bits per heavy atom. The summed E-state index contributed by atoms with van der Waals surface area (Å²) in [7, 11) is -1.45. The van der Waals surface area contributed by atoms with Gasteiger partial charge in [0.15, 0.2) is 15.0 Å². The molecule has 2 aliphatic rings. The van der Waals surface area contributed by atoms with Crippen molar-refractivity contribution in [2.45, 2.75) is 24.3 Å². The average Bonchev–Trinajstić information content (AvgIpc) is 3.15. The number of thioether (sulfide) groups is 1. The highest BCUT2D eigenvalue weighted by Gasteiger charge is 2.48. The second-order valence-corrected chi connectivity index (χ2v) is 10.6. The van der Waals surface area contributed by atoms with Crippen molar-refractivity contribution in [1.82, 2.24) is 4.90 Å². The first-order valence-electron chi connectivity index (χ1n) is 9.35. The summed E-state index contributed by atoms with van der Waals surface area (Å²) in [6.07, 6.45) is 0.231. The van der Waals surface area contributed by atoms with E-state index in [2.05, 4.69) is 4.99 Å². The van der Waals surface area contributed by atoms with Gasteiger partial charge in [0.1, 0.15) is 5.75 Å². The molecule has 4 rings (SSSR count). The molecule has 2 saturated heterocycles. The summed E-state index contributed by atoms with van der Waals surface area (Å²) < 4.78 is 29.5. The summed E-state index contributed by atoms with van der Waals surface area (Å²) in [5, 5.41) is 0.535. The molecule has 29 heavy (non-hydrogen) atoms. The fraction of sp³-hybridized carbons (Fsp3) is 0.333. The number of rotatable bonds is 5. The maximum Gasteiger partial charge on any atom is 0.252 e. The standard InChI is InChI=1S/C21H22N2O4S2/c1-27-17-9-7-16(8-10-17)12-23-18-13-29(25,26)14-19(18)28-21(23)22-20(24)11-15-5-3-2-4-6-15/h2-10,18-19H,11-14H2,1H3/t18-,19+/m0/s1. The fourth-order valence-corrected chi connectivity index (χ4v) is 7.63. The van der Waals surface area contributed by atoms with E-state index in [0.29, 0.717) is 11.7 Å². The van der Waals surface area contributed by atoms with E-state index in [1.807, 2.05) is 59.5 Å². The molecule has 0 aliphatic carbocycles. The molecule has 2 aromatic carbocycles. The van der Waals surface area contributed by atoms with E-state index in [1.54, 1.807) is 7.11 Å². The van der Waals surface area contributed by atoms with E-state index >= 15 is 0 Å². The van der Waals surface area contributed by atoms with E-state index < -0.39 is 9.84 Å². The van der Waals surface area contributed by atoms with Crippen LogP contribution in [-0.2, 0) is 27.6 Å². The van der Waals surface area contributed by atoms with E-state index in [4.69, 9.17) is 4.74 Å². The molecule has 6 nitrogen and oxygen atoms in total. The Labute approximate surface area is 174 Å². The van der Waals surface area contributed by atoms with Crippen molar-refractivity contribution >= 4 is 32.7 Å². The molecule has 0 unspecified atom stereocenters. The van der Waals surface area contributed by atoms with Gasteiger partial charge in [0.05, 0.1) is 31.1 Å². The Morgan fingerprint density at radius 2 is 1.83 bits per heavy atom. The zero-order chi connectivity index (χ0) is 20.4. The van der Waals surface area contributed by atoms with Crippen molar-refractivity contribution in [3.63, 3.8) is 0 Å². The van der Waals surface area contributed by atoms with Crippen molar-refractivity contribution in [2.24, 2.45) is 4.99 Å². The summed E-state index contributed by atoms with van der Waals surface area (Å²) >= 11 is 1.41. The Hall–Kier alpha value is -2.32. The second kappa shape index (κ2) is 8.20. The summed E-state index contributed by atoms with van der Waals surface area (Å²) in [5.41, 5.74) is 1.92. The molecule has 0 aromatic heterocycles. The summed E-state index contributed by atoms with van der Waals surface area (Å²) in [6, 6.07) is 17.0. The number of sulfone groups is 1. The van der Waals surface area contributed by atoms with Crippen LogP contribution in [0.2, 0.25) is 0 Å². The zero-order valence-corrected chi connectivity index (χ0v) is 17.7. The monoisotopic (exact) mass is 430 g/mol. The second-order valence-electron chi connectivity index (χ2n) is 7.23.